The summed E-state index contributed by atoms with van der Waals surface area (Å²) in [4.78, 5) is 12.8. The Labute approximate surface area is 125 Å². The van der Waals surface area contributed by atoms with Gasteiger partial charge in [-0.15, -0.1) is 0 Å². The molecule has 21 heavy (non-hydrogen) atoms. The highest BCUT2D eigenvalue weighted by Gasteiger charge is 2.09. The first kappa shape index (κ1) is 15.0. The van der Waals surface area contributed by atoms with Crippen molar-refractivity contribution in [2.24, 2.45) is 0 Å². The number of benzene rings is 1. The predicted octanol–water partition coefficient (Wildman–Crippen LogP) is 3.01. The van der Waals surface area contributed by atoms with Crippen LogP contribution < -0.4 is 15.4 Å². The van der Waals surface area contributed by atoms with E-state index < -0.39 is 0 Å². The Morgan fingerprint density at radius 1 is 1.10 bits per heavy atom. The average molecular weight is 287 g/mol. The smallest absolute Gasteiger partial charge is 0.323 e. The molecule has 2 aromatic rings. The lowest BCUT2D eigenvalue weighted by molar-refractivity contribution is 0.222. The number of nitrogens with one attached hydrogen (secondary N) is 2. The SMILES string of the molecule is CCc1ccccc1Nc1nc(NC)nc(OC(C)C)n1. The molecular weight excluding hydrogens is 266 g/mol. The fourth-order valence-corrected chi connectivity index (χ4v) is 1.86. The van der Waals surface area contributed by atoms with E-state index >= 15 is 0 Å². The van der Waals surface area contributed by atoms with Gasteiger partial charge in [0, 0.05) is 12.7 Å². The molecule has 1 aromatic heterocycles. The van der Waals surface area contributed by atoms with Crippen LogP contribution in [0.3, 0.4) is 0 Å². The normalized spacial score (nSPS) is 10.5. The monoisotopic (exact) mass is 287 g/mol. The number of aryl methyl sites for hydroxylation is 1. The van der Waals surface area contributed by atoms with Crippen molar-refractivity contribution in [3.63, 3.8) is 0 Å². The van der Waals surface area contributed by atoms with Crippen molar-refractivity contribution in [1.82, 2.24) is 15.0 Å². The van der Waals surface area contributed by atoms with Gasteiger partial charge in [-0.05, 0) is 31.9 Å². The zero-order valence-corrected chi connectivity index (χ0v) is 12.8. The van der Waals surface area contributed by atoms with Gasteiger partial charge in [0.15, 0.2) is 0 Å². The molecule has 2 N–H and O–H groups in total. The Morgan fingerprint density at radius 2 is 1.81 bits per heavy atom. The number of para-hydroxylation sites is 1. The van der Waals surface area contributed by atoms with Gasteiger partial charge in [-0.3, -0.25) is 0 Å². The third-order valence-electron chi connectivity index (χ3n) is 2.82. The van der Waals surface area contributed by atoms with E-state index in [1.54, 1.807) is 7.05 Å². The molecule has 0 amide bonds. The van der Waals surface area contributed by atoms with Gasteiger partial charge in [0.05, 0.1) is 6.10 Å². The number of nitrogens with zero attached hydrogens (tertiary/aromatic N) is 3. The van der Waals surface area contributed by atoms with Crippen molar-refractivity contribution in [2.75, 3.05) is 17.7 Å². The van der Waals surface area contributed by atoms with Crippen LogP contribution in [-0.4, -0.2) is 28.1 Å². The van der Waals surface area contributed by atoms with Gasteiger partial charge in [0.2, 0.25) is 11.9 Å². The first-order valence-electron chi connectivity index (χ1n) is 7.07. The molecule has 1 heterocycles. The van der Waals surface area contributed by atoms with E-state index in [4.69, 9.17) is 4.74 Å². The second kappa shape index (κ2) is 6.88. The van der Waals surface area contributed by atoms with Crippen LogP contribution in [0.4, 0.5) is 17.6 Å². The van der Waals surface area contributed by atoms with Crippen LogP contribution in [0, 0.1) is 0 Å². The fourth-order valence-electron chi connectivity index (χ4n) is 1.86. The molecule has 1 aromatic carbocycles. The molecule has 0 aliphatic rings. The van der Waals surface area contributed by atoms with Crippen molar-refractivity contribution >= 4 is 17.6 Å². The molecule has 0 bridgehead atoms. The van der Waals surface area contributed by atoms with Crippen molar-refractivity contribution in [3.8, 4) is 6.01 Å². The molecule has 0 unspecified atom stereocenters. The minimum Gasteiger partial charge on any atom is -0.461 e. The highest BCUT2D eigenvalue weighted by atomic mass is 16.5. The summed E-state index contributed by atoms with van der Waals surface area (Å²) in [6, 6.07) is 8.39. The lowest BCUT2D eigenvalue weighted by atomic mass is 10.1. The Balaban J connectivity index is 2.30. The summed E-state index contributed by atoms with van der Waals surface area (Å²) in [6.07, 6.45) is 0.940. The molecule has 6 nitrogen and oxygen atoms in total. The first-order chi connectivity index (χ1) is 10.1. The Kier molecular flexibility index (Phi) is 4.92. The van der Waals surface area contributed by atoms with Gasteiger partial charge in [-0.2, -0.15) is 15.0 Å². The van der Waals surface area contributed by atoms with Crippen LogP contribution in [0.2, 0.25) is 0 Å². The molecule has 0 saturated carbocycles. The van der Waals surface area contributed by atoms with Gasteiger partial charge >= 0.3 is 6.01 Å². The third kappa shape index (κ3) is 4.05. The molecule has 0 spiro atoms. The number of aromatic nitrogens is 3. The third-order valence-corrected chi connectivity index (χ3v) is 2.82. The highest BCUT2D eigenvalue weighted by molar-refractivity contribution is 5.59. The Bertz CT molecular complexity index is 600. The lowest BCUT2D eigenvalue weighted by Crippen LogP contribution is -2.12. The molecule has 0 atom stereocenters. The molecular formula is C15H21N5O. The summed E-state index contributed by atoms with van der Waals surface area (Å²) in [5.74, 6) is 0.933. The molecule has 0 aliphatic heterocycles. The number of anilines is 3. The largest absolute Gasteiger partial charge is 0.461 e. The van der Waals surface area contributed by atoms with Crippen molar-refractivity contribution < 1.29 is 4.74 Å². The van der Waals surface area contributed by atoms with Crippen LogP contribution >= 0.6 is 0 Å². The van der Waals surface area contributed by atoms with Crippen LogP contribution in [0.15, 0.2) is 24.3 Å². The minimum absolute atomic E-state index is 0.00730. The highest BCUT2D eigenvalue weighted by Crippen LogP contribution is 2.21. The van der Waals surface area contributed by atoms with Gasteiger partial charge in [-0.1, -0.05) is 25.1 Å². The van der Waals surface area contributed by atoms with Gasteiger partial charge < -0.3 is 15.4 Å². The summed E-state index contributed by atoms with van der Waals surface area (Å²) >= 11 is 0. The Hall–Kier alpha value is -2.37. The van der Waals surface area contributed by atoms with E-state index in [9.17, 15) is 0 Å². The minimum atomic E-state index is 0.00730. The Morgan fingerprint density at radius 3 is 2.48 bits per heavy atom. The van der Waals surface area contributed by atoms with Crippen LogP contribution in [0.5, 0.6) is 6.01 Å². The van der Waals surface area contributed by atoms with Crippen LogP contribution in [-0.2, 0) is 6.42 Å². The summed E-state index contributed by atoms with van der Waals surface area (Å²) in [7, 11) is 1.76. The maximum absolute atomic E-state index is 5.55. The standard InChI is InChI=1S/C15H21N5O/c1-5-11-8-6-7-9-12(11)17-14-18-13(16-4)19-15(20-14)21-10(2)3/h6-10H,5H2,1-4H3,(H2,16,17,18,19,20). The van der Waals surface area contributed by atoms with Gasteiger partial charge in [0.25, 0.3) is 0 Å². The number of rotatable bonds is 6. The average Bonchev–Trinajstić information content (AvgIpc) is 2.46. The van der Waals surface area contributed by atoms with Crippen LogP contribution in [0.25, 0.3) is 0 Å². The maximum Gasteiger partial charge on any atom is 0.323 e. The molecule has 0 saturated heterocycles. The summed E-state index contributed by atoms with van der Waals surface area (Å²) in [5.41, 5.74) is 2.19. The van der Waals surface area contributed by atoms with E-state index in [0.717, 1.165) is 12.1 Å². The lowest BCUT2D eigenvalue weighted by Gasteiger charge is -2.12. The van der Waals surface area contributed by atoms with Crippen molar-refractivity contribution in [1.29, 1.82) is 0 Å². The van der Waals surface area contributed by atoms with E-state index in [0.29, 0.717) is 17.9 Å². The molecule has 0 radical (unpaired) electrons. The van der Waals surface area contributed by atoms with E-state index in [-0.39, 0.29) is 6.10 Å². The molecule has 6 heteroatoms. The molecule has 0 aliphatic carbocycles. The number of hydrogen-bond acceptors (Lipinski definition) is 6. The summed E-state index contributed by atoms with van der Waals surface area (Å²) in [5, 5.41) is 6.14. The summed E-state index contributed by atoms with van der Waals surface area (Å²) < 4.78 is 5.55. The zero-order valence-electron chi connectivity index (χ0n) is 12.8. The van der Waals surface area contributed by atoms with Crippen molar-refractivity contribution in [2.45, 2.75) is 33.3 Å². The first-order valence-corrected chi connectivity index (χ1v) is 7.07. The second-order valence-corrected chi connectivity index (χ2v) is 4.82. The molecule has 2 rings (SSSR count). The second-order valence-electron chi connectivity index (χ2n) is 4.82. The number of hydrogen-bond donors (Lipinski definition) is 2. The fraction of sp³-hybridized carbons (Fsp3) is 0.400. The van der Waals surface area contributed by atoms with Gasteiger partial charge in [-0.25, -0.2) is 0 Å². The van der Waals surface area contributed by atoms with Gasteiger partial charge in [0.1, 0.15) is 0 Å². The number of ether oxygens (including phenoxy) is 1. The quantitative estimate of drug-likeness (QED) is 0.851. The van der Waals surface area contributed by atoms with E-state index in [2.05, 4.69) is 38.6 Å². The predicted molar refractivity (Wildman–Crippen MR) is 84.2 cm³/mol. The van der Waals surface area contributed by atoms with Crippen molar-refractivity contribution in [3.05, 3.63) is 29.8 Å². The van der Waals surface area contributed by atoms with Crippen LogP contribution in [0.1, 0.15) is 26.3 Å². The molecule has 112 valence electrons. The molecule has 0 fully saturated rings. The maximum atomic E-state index is 5.55. The van der Waals surface area contributed by atoms with E-state index in [1.807, 2.05) is 32.0 Å². The zero-order chi connectivity index (χ0) is 15.2. The topological polar surface area (TPSA) is 72.0 Å². The van der Waals surface area contributed by atoms with E-state index in [1.165, 1.54) is 5.56 Å². The summed E-state index contributed by atoms with van der Waals surface area (Å²) in [6.45, 7) is 5.98.